The highest BCUT2D eigenvalue weighted by Crippen LogP contribution is 2.18. The van der Waals surface area contributed by atoms with Gasteiger partial charge >= 0.3 is 0 Å². The van der Waals surface area contributed by atoms with E-state index in [-0.39, 0.29) is 0 Å². The van der Waals surface area contributed by atoms with Crippen LogP contribution in [-0.2, 0) is 6.54 Å². The highest BCUT2D eigenvalue weighted by atomic mass is 16.5. The van der Waals surface area contributed by atoms with E-state index < -0.39 is 0 Å². The van der Waals surface area contributed by atoms with E-state index in [9.17, 15) is 0 Å². The van der Waals surface area contributed by atoms with Crippen molar-refractivity contribution in [3.8, 4) is 5.75 Å². The zero-order chi connectivity index (χ0) is 12.8. The Kier molecular flexibility index (Phi) is 4.45. The number of aryl methyl sites for hydroxylation is 1. The summed E-state index contributed by atoms with van der Waals surface area (Å²) in [4.78, 5) is 4.38. The fraction of sp³-hybridized carbons (Fsp3) is 0.500. The van der Waals surface area contributed by atoms with Crippen LogP contribution in [0.25, 0.3) is 0 Å². The van der Waals surface area contributed by atoms with E-state index in [1.54, 1.807) is 0 Å². The van der Waals surface area contributed by atoms with Gasteiger partial charge in [-0.3, -0.25) is 4.99 Å². The third kappa shape index (κ3) is 3.39. The summed E-state index contributed by atoms with van der Waals surface area (Å²) < 4.78 is 5.53. The average molecular weight is 247 g/mol. The Balaban J connectivity index is 1.93. The third-order valence-electron chi connectivity index (χ3n) is 2.90. The summed E-state index contributed by atoms with van der Waals surface area (Å²) in [6.07, 6.45) is 1.12. The molecule has 4 nitrogen and oxygen atoms in total. The molecule has 98 valence electrons. The highest BCUT2D eigenvalue weighted by Gasteiger charge is 2.04. The third-order valence-corrected chi connectivity index (χ3v) is 2.90. The normalized spacial score (nSPS) is 14.7. The molecule has 0 aromatic heterocycles. The predicted octanol–water partition coefficient (Wildman–Crippen LogP) is 1.83. The average Bonchev–Trinajstić information content (AvgIpc) is 2.41. The number of ether oxygens (including phenoxy) is 1. The number of nitrogens with one attached hydrogen (secondary N) is 2. The van der Waals surface area contributed by atoms with Crippen molar-refractivity contribution in [3.05, 3.63) is 29.3 Å². The van der Waals surface area contributed by atoms with Gasteiger partial charge in [-0.15, -0.1) is 0 Å². The number of benzene rings is 1. The van der Waals surface area contributed by atoms with Crippen molar-refractivity contribution < 1.29 is 4.74 Å². The van der Waals surface area contributed by atoms with Crippen molar-refractivity contribution in [1.82, 2.24) is 10.6 Å². The van der Waals surface area contributed by atoms with Crippen molar-refractivity contribution >= 4 is 5.96 Å². The molecule has 0 saturated heterocycles. The minimum absolute atomic E-state index is 0.708. The summed E-state index contributed by atoms with van der Waals surface area (Å²) in [5.41, 5.74) is 2.42. The van der Waals surface area contributed by atoms with Crippen LogP contribution in [0, 0.1) is 6.92 Å². The SMILES string of the molecule is CCOc1ccc(CNC2=NCCCN2)cc1C. The Bertz CT molecular complexity index is 429. The van der Waals surface area contributed by atoms with Crippen LogP contribution in [0.1, 0.15) is 24.5 Å². The molecule has 4 heteroatoms. The van der Waals surface area contributed by atoms with Crippen LogP contribution in [0.5, 0.6) is 5.75 Å². The molecule has 1 aromatic rings. The Hall–Kier alpha value is -1.71. The lowest BCUT2D eigenvalue weighted by atomic mass is 10.1. The zero-order valence-electron chi connectivity index (χ0n) is 11.1. The summed E-state index contributed by atoms with van der Waals surface area (Å²) in [5.74, 6) is 1.88. The summed E-state index contributed by atoms with van der Waals surface area (Å²) in [7, 11) is 0. The molecule has 2 rings (SSSR count). The Morgan fingerprint density at radius 1 is 1.44 bits per heavy atom. The molecule has 0 spiro atoms. The molecule has 0 radical (unpaired) electrons. The van der Waals surface area contributed by atoms with E-state index in [1.807, 2.05) is 13.0 Å². The van der Waals surface area contributed by atoms with Gasteiger partial charge in [0.25, 0.3) is 0 Å². The van der Waals surface area contributed by atoms with Crippen LogP contribution in [0.3, 0.4) is 0 Å². The summed E-state index contributed by atoms with van der Waals surface area (Å²) in [5, 5.41) is 6.56. The molecule has 1 heterocycles. The monoisotopic (exact) mass is 247 g/mol. The van der Waals surface area contributed by atoms with Crippen LogP contribution in [-0.4, -0.2) is 25.7 Å². The molecular weight excluding hydrogens is 226 g/mol. The molecule has 18 heavy (non-hydrogen) atoms. The van der Waals surface area contributed by atoms with Crippen molar-refractivity contribution in [3.63, 3.8) is 0 Å². The van der Waals surface area contributed by atoms with Gasteiger partial charge in [0.2, 0.25) is 0 Å². The van der Waals surface area contributed by atoms with E-state index in [2.05, 4.69) is 34.7 Å². The zero-order valence-corrected chi connectivity index (χ0v) is 11.1. The van der Waals surface area contributed by atoms with Gasteiger partial charge in [0.1, 0.15) is 5.75 Å². The van der Waals surface area contributed by atoms with Crippen LogP contribution in [0.15, 0.2) is 23.2 Å². The van der Waals surface area contributed by atoms with E-state index >= 15 is 0 Å². The smallest absolute Gasteiger partial charge is 0.191 e. The molecule has 0 fully saturated rings. The van der Waals surface area contributed by atoms with Crippen LogP contribution >= 0.6 is 0 Å². The van der Waals surface area contributed by atoms with E-state index in [0.717, 1.165) is 37.8 Å². The second kappa shape index (κ2) is 6.28. The van der Waals surface area contributed by atoms with Gasteiger partial charge in [-0.1, -0.05) is 12.1 Å². The first-order valence-electron chi connectivity index (χ1n) is 6.54. The Morgan fingerprint density at radius 2 is 2.33 bits per heavy atom. The van der Waals surface area contributed by atoms with Gasteiger partial charge in [0, 0.05) is 19.6 Å². The van der Waals surface area contributed by atoms with Gasteiger partial charge in [-0.05, 0) is 37.5 Å². The van der Waals surface area contributed by atoms with Crippen molar-refractivity contribution in [2.75, 3.05) is 19.7 Å². The van der Waals surface area contributed by atoms with Gasteiger partial charge in [-0.25, -0.2) is 0 Å². The molecule has 1 aromatic carbocycles. The number of guanidine groups is 1. The van der Waals surface area contributed by atoms with Crippen LogP contribution in [0.4, 0.5) is 0 Å². The van der Waals surface area contributed by atoms with Crippen LogP contribution < -0.4 is 15.4 Å². The molecule has 2 N–H and O–H groups in total. The maximum Gasteiger partial charge on any atom is 0.191 e. The highest BCUT2D eigenvalue weighted by molar-refractivity contribution is 5.80. The summed E-state index contributed by atoms with van der Waals surface area (Å²) in [6.45, 7) is 7.50. The lowest BCUT2D eigenvalue weighted by Crippen LogP contribution is -2.40. The van der Waals surface area contributed by atoms with Gasteiger partial charge in [0.05, 0.1) is 6.61 Å². The second-order valence-corrected chi connectivity index (χ2v) is 4.40. The molecule has 0 amide bonds. The number of nitrogens with zero attached hydrogens (tertiary/aromatic N) is 1. The van der Waals surface area contributed by atoms with Gasteiger partial charge in [-0.2, -0.15) is 0 Å². The number of aliphatic imine (C=N–C) groups is 1. The molecule has 0 atom stereocenters. The van der Waals surface area contributed by atoms with Gasteiger partial charge < -0.3 is 15.4 Å². The molecule has 1 aliphatic heterocycles. The van der Waals surface area contributed by atoms with Crippen molar-refractivity contribution in [1.29, 1.82) is 0 Å². The molecule has 0 saturated carbocycles. The lowest BCUT2D eigenvalue weighted by molar-refractivity contribution is 0.338. The second-order valence-electron chi connectivity index (χ2n) is 4.40. The predicted molar refractivity (Wildman–Crippen MR) is 74.1 cm³/mol. The van der Waals surface area contributed by atoms with E-state index in [1.165, 1.54) is 11.1 Å². The minimum atomic E-state index is 0.708. The summed E-state index contributed by atoms with van der Waals surface area (Å²) >= 11 is 0. The van der Waals surface area contributed by atoms with Crippen LogP contribution in [0.2, 0.25) is 0 Å². The van der Waals surface area contributed by atoms with E-state index in [4.69, 9.17) is 4.74 Å². The maximum atomic E-state index is 5.53. The number of hydrogen-bond donors (Lipinski definition) is 2. The standard InChI is InChI=1S/C14H21N3O/c1-3-18-13-6-5-12(9-11(13)2)10-17-14-15-7-4-8-16-14/h5-6,9H,3-4,7-8,10H2,1-2H3,(H2,15,16,17). The first-order chi connectivity index (χ1) is 8.79. The molecule has 0 aliphatic carbocycles. The maximum absolute atomic E-state index is 5.53. The fourth-order valence-electron chi connectivity index (χ4n) is 1.98. The van der Waals surface area contributed by atoms with Crippen molar-refractivity contribution in [2.24, 2.45) is 4.99 Å². The van der Waals surface area contributed by atoms with Crippen molar-refractivity contribution in [2.45, 2.75) is 26.8 Å². The lowest BCUT2D eigenvalue weighted by Gasteiger charge is -2.16. The topological polar surface area (TPSA) is 45.6 Å². The fourth-order valence-corrected chi connectivity index (χ4v) is 1.98. The largest absolute Gasteiger partial charge is 0.494 e. The Morgan fingerprint density at radius 3 is 3.00 bits per heavy atom. The first kappa shape index (κ1) is 12.7. The van der Waals surface area contributed by atoms with Gasteiger partial charge in [0.15, 0.2) is 5.96 Å². The first-order valence-corrected chi connectivity index (χ1v) is 6.54. The molecule has 0 bridgehead atoms. The quantitative estimate of drug-likeness (QED) is 0.853. The molecular formula is C14H21N3O. The molecule has 0 unspecified atom stereocenters. The summed E-state index contributed by atoms with van der Waals surface area (Å²) in [6, 6.07) is 6.28. The molecule has 1 aliphatic rings. The number of hydrogen-bond acceptors (Lipinski definition) is 4. The Labute approximate surface area is 108 Å². The minimum Gasteiger partial charge on any atom is -0.494 e. The number of rotatable bonds is 4. The van der Waals surface area contributed by atoms with E-state index in [0.29, 0.717) is 6.61 Å².